The van der Waals surface area contributed by atoms with Crippen molar-refractivity contribution in [2.75, 3.05) is 6.61 Å². The lowest BCUT2D eigenvalue weighted by atomic mass is 10.1. The topological polar surface area (TPSA) is 61.8 Å². The Bertz CT molecular complexity index is 1150. The Balaban J connectivity index is 1.64. The maximum atomic E-state index is 11.9. The van der Waals surface area contributed by atoms with Gasteiger partial charge in [-0.05, 0) is 48.0 Å². The van der Waals surface area contributed by atoms with Crippen LogP contribution in [0, 0.1) is 6.92 Å². The molecule has 0 aliphatic heterocycles. The zero-order valence-corrected chi connectivity index (χ0v) is 17.2. The normalized spacial score (nSPS) is 11.2. The second-order valence-corrected chi connectivity index (χ2v) is 7.27. The van der Waals surface area contributed by atoms with Gasteiger partial charge in [0.05, 0.1) is 29.1 Å². The molecule has 4 aromatic rings. The van der Waals surface area contributed by atoms with Crippen molar-refractivity contribution in [3.8, 4) is 5.75 Å². The minimum atomic E-state index is -0.269. The summed E-state index contributed by atoms with van der Waals surface area (Å²) < 4.78 is 23.5. The summed E-state index contributed by atoms with van der Waals surface area (Å²) in [6.07, 6.45) is 1.82. The Morgan fingerprint density at radius 3 is 2.79 bits per heavy atom. The van der Waals surface area contributed by atoms with Gasteiger partial charge in [0.25, 0.3) is 0 Å². The van der Waals surface area contributed by atoms with E-state index in [0.29, 0.717) is 19.0 Å². The summed E-state index contributed by atoms with van der Waals surface area (Å²) in [5.41, 5.74) is 3.30. The van der Waals surface area contributed by atoms with E-state index in [2.05, 4.69) is 15.9 Å². The standard InChI is InChI=1S/C22H19BrO5/c1-3-25-20(24)10-14-6-4-5-7-19(14)27-12-17-13(2)28-21-15-8-9-26-22(15)18(23)11-16(17)21/h4-9,11H,3,10,12H2,1-2H3. The zero-order chi connectivity index (χ0) is 19.7. The molecule has 0 saturated carbocycles. The first-order valence-corrected chi connectivity index (χ1v) is 9.81. The molecule has 0 spiro atoms. The van der Waals surface area contributed by atoms with Gasteiger partial charge < -0.3 is 18.3 Å². The van der Waals surface area contributed by atoms with Crippen molar-refractivity contribution in [1.82, 2.24) is 0 Å². The smallest absolute Gasteiger partial charge is 0.310 e. The van der Waals surface area contributed by atoms with Crippen LogP contribution in [0.2, 0.25) is 0 Å². The molecule has 4 rings (SSSR count). The van der Waals surface area contributed by atoms with E-state index in [4.69, 9.17) is 18.3 Å². The molecule has 0 bridgehead atoms. The number of fused-ring (bicyclic) bond motifs is 3. The summed E-state index contributed by atoms with van der Waals surface area (Å²) in [5, 5.41) is 1.89. The van der Waals surface area contributed by atoms with Crippen LogP contribution in [0.1, 0.15) is 23.8 Å². The number of carbonyl (C=O) groups is 1. The summed E-state index contributed by atoms with van der Waals surface area (Å²) in [7, 11) is 0. The lowest BCUT2D eigenvalue weighted by molar-refractivity contribution is -0.142. The van der Waals surface area contributed by atoms with Crippen LogP contribution in [-0.4, -0.2) is 12.6 Å². The van der Waals surface area contributed by atoms with Crippen LogP contribution in [0.25, 0.3) is 21.9 Å². The number of furan rings is 2. The summed E-state index contributed by atoms with van der Waals surface area (Å²) >= 11 is 3.56. The molecule has 5 nitrogen and oxygen atoms in total. The van der Waals surface area contributed by atoms with E-state index in [1.807, 2.05) is 43.3 Å². The van der Waals surface area contributed by atoms with Crippen LogP contribution in [0.3, 0.4) is 0 Å². The average Bonchev–Trinajstić information content (AvgIpc) is 3.27. The number of hydrogen-bond donors (Lipinski definition) is 0. The largest absolute Gasteiger partial charge is 0.488 e. The molecular weight excluding hydrogens is 424 g/mol. The Morgan fingerprint density at radius 1 is 1.14 bits per heavy atom. The fourth-order valence-electron chi connectivity index (χ4n) is 3.30. The monoisotopic (exact) mass is 442 g/mol. The predicted molar refractivity (Wildman–Crippen MR) is 110 cm³/mol. The third kappa shape index (κ3) is 3.40. The van der Waals surface area contributed by atoms with Gasteiger partial charge in [-0.3, -0.25) is 4.79 Å². The number of hydrogen-bond acceptors (Lipinski definition) is 5. The Labute approximate surface area is 170 Å². The minimum Gasteiger partial charge on any atom is -0.488 e. The highest BCUT2D eigenvalue weighted by atomic mass is 79.9. The molecule has 0 saturated heterocycles. The van der Waals surface area contributed by atoms with Crippen molar-refractivity contribution in [2.45, 2.75) is 26.9 Å². The average molecular weight is 443 g/mol. The number of esters is 1. The zero-order valence-electron chi connectivity index (χ0n) is 15.6. The molecule has 2 aromatic heterocycles. The van der Waals surface area contributed by atoms with Crippen molar-refractivity contribution in [3.05, 3.63) is 64.0 Å². The highest BCUT2D eigenvalue weighted by Gasteiger charge is 2.18. The summed E-state index contributed by atoms with van der Waals surface area (Å²) in [5.74, 6) is 1.18. The first-order valence-electron chi connectivity index (χ1n) is 9.02. The molecule has 0 radical (unpaired) electrons. The first-order chi connectivity index (χ1) is 13.6. The lowest BCUT2D eigenvalue weighted by Crippen LogP contribution is -2.09. The van der Waals surface area contributed by atoms with Gasteiger partial charge >= 0.3 is 5.97 Å². The summed E-state index contributed by atoms with van der Waals surface area (Å²) in [4.78, 5) is 11.9. The number of rotatable bonds is 6. The number of benzene rings is 2. The second-order valence-electron chi connectivity index (χ2n) is 6.41. The molecule has 0 unspecified atom stereocenters. The van der Waals surface area contributed by atoms with Crippen LogP contribution >= 0.6 is 15.9 Å². The van der Waals surface area contributed by atoms with Crippen molar-refractivity contribution in [2.24, 2.45) is 0 Å². The van der Waals surface area contributed by atoms with Gasteiger partial charge in [0.15, 0.2) is 5.58 Å². The van der Waals surface area contributed by atoms with E-state index < -0.39 is 0 Å². The number of ether oxygens (including phenoxy) is 2. The van der Waals surface area contributed by atoms with E-state index >= 15 is 0 Å². The maximum Gasteiger partial charge on any atom is 0.310 e. The summed E-state index contributed by atoms with van der Waals surface area (Å²) in [6.45, 7) is 4.40. The number of para-hydroxylation sites is 1. The number of carbonyl (C=O) groups excluding carboxylic acids is 1. The quantitative estimate of drug-likeness (QED) is 0.346. The summed E-state index contributed by atoms with van der Waals surface area (Å²) in [6, 6.07) is 11.4. The van der Waals surface area contributed by atoms with Gasteiger partial charge in [-0.15, -0.1) is 0 Å². The Hall–Kier alpha value is -2.73. The van der Waals surface area contributed by atoms with Crippen molar-refractivity contribution < 1.29 is 23.1 Å². The van der Waals surface area contributed by atoms with Gasteiger partial charge in [-0.1, -0.05) is 18.2 Å². The van der Waals surface area contributed by atoms with Crippen LogP contribution in [-0.2, 0) is 22.6 Å². The Morgan fingerprint density at radius 2 is 1.96 bits per heavy atom. The molecule has 0 aliphatic carbocycles. The molecule has 0 aliphatic rings. The second kappa shape index (κ2) is 7.72. The van der Waals surface area contributed by atoms with E-state index in [9.17, 15) is 4.79 Å². The van der Waals surface area contributed by atoms with Crippen molar-refractivity contribution in [1.29, 1.82) is 0 Å². The first kappa shape index (κ1) is 18.6. The minimum absolute atomic E-state index is 0.177. The molecule has 0 fully saturated rings. The van der Waals surface area contributed by atoms with Crippen molar-refractivity contribution in [3.63, 3.8) is 0 Å². The van der Waals surface area contributed by atoms with Crippen molar-refractivity contribution >= 4 is 43.8 Å². The maximum absolute atomic E-state index is 11.9. The highest BCUT2D eigenvalue weighted by Crippen LogP contribution is 2.37. The lowest BCUT2D eigenvalue weighted by Gasteiger charge is -2.11. The molecule has 0 amide bonds. The fraction of sp³-hybridized carbons (Fsp3) is 0.227. The molecular formula is C22H19BrO5. The van der Waals surface area contributed by atoms with Gasteiger partial charge in [0.1, 0.15) is 23.7 Å². The molecule has 28 heavy (non-hydrogen) atoms. The van der Waals surface area contributed by atoms with Crippen LogP contribution in [0.15, 0.2) is 56.0 Å². The fourth-order valence-corrected chi connectivity index (χ4v) is 3.84. The van der Waals surface area contributed by atoms with Crippen LogP contribution < -0.4 is 4.74 Å². The predicted octanol–water partition coefficient (Wildman–Crippen LogP) is 5.93. The molecule has 6 heteroatoms. The molecule has 0 N–H and O–H groups in total. The van der Waals surface area contributed by atoms with Crippen LogP contribution in [0.5, 0.6) is 5.75 Å². The van der Waals surface area contributed by atoms with Gasteiger partial charge in [0, 0.05) is 16.5 Å². The van der Waals surface area contributed by atoms with E-state index in [-0.39, 0.29) is 12.4 Å². The van der Waals surface area contributed by atoms with E-state index in [1.54, 1.807) is 13.2 Å². The van der Waals surface area contributed by atoms with E-state index in [1.165, 1.54) is 0 Å². The SMILES string of the molecule is CCOC(=O)Cc1ccccc1OCc1c(C)oc2c1cc(Br)c1occc12. The molecule has 0 atom stereocenters. The molecule has 2 heterocycles. The number of halogens is 1. The molecule has 144 valence electrons. The van der Waals surface area contributed by atoms with E-state index in [0.717, 1.165) is 43.3 Å². The van der Waals surface area contributed by atoms with Gasteiger partial charge in [-0.25, -0.2) is 0 Å². The Kier molecular flexibility index (Phi) is 5.13. The van der Waals surface area contributed by atoms with Gasteiger partial charge in [-0.2, -0.15) is 0 Å². The third-order valence-corrected chi connectivity index (χ3v) is 5.22. The third-order valence-electron chi connectivity index (χ3n) is 4.63. The van der Waals surface area contributed by atoms with Crippen LogP contribution in [0.4, 0.5) is 0 Å². The number of aryl methyl sites for hydroxylation is 1. The molecule has 2 aromatic carbocycles. The highest BCUT2D eigenvalue weighted by molar-refractivity contribution is 9.10. The van der Waals surface area contributed by atoms with Gasteiger partial charge in [0.2, 0.25) is 0 Å².